The number of hydrogen-bond donors (Lipinski definition) is 2. The summed E-state index contributed by atoms with van der Waals surface area (Å²) in [5.74, 6) is -0.545. The molecule has 0 aliphatic carbocycles. The van der Waals surface area contributed by atoms with Gasteiger partial charge in [0.25, 0.3) is 0 Å². The van der Waals surface area contributed by atoms with E-state index in [4.69, 9.17) is 17.0 Å². The minimum Gasteiger partial charge on any atom is -0.457 e. The first-order chi connectivity index (χ1) is 9.61. The Morgan fingerprint density at radius 3 is 2.75 bits per heavy atom. The molecule has 1 aliphatic rings. The number of allylic oxidation sites excluding steroid dienone is 1. The molecule has 1 aromatic rings. The maximum absolute atomic E-state index is 13.0. The lowest BCUT2D eigenvalue weighted by Gasteiger charge is -2.27. The quantitative estimate of drug-likeness (QED) is 0.655. The lowest BCUT2D eigenvalue weighted by atomic mass is 10.0. The molecular formula is C14H15FN2O2S. The monoisotopic (exact) mass is 294 g/mol. The summed E-state index contributed by atoms with van der Waals surface area (Å²) in [5.41, 5.74) is 1.65. The van der Waals surface area contributed by atoms with Gasteiger partial charge in [-0.25, -0.2) is 9.18 Å². The molecule has 20 heavy (non-hydrogen) atoms. The maximum Gasteiger partial charge on any atom is 0.338 e. The molecule has 0 fully saturated rings. The van der Waals surface area contributed by atoms with Gasteiger partial charge in [-0.1, -0.05) is 30.3 Å². The molecule has 6 heteroatoms. The highest BCUT2D eigenvalue weighted by Gasteiger charge is 2.29. The van der Waals surface area contributed by atoms with Crippen LogP contribution in [-0.4, -0.2) is 23.8 Å². The fraction of sp³-hybridized carbons (Fsp3) is 0.286. The number of thiocarbonyl (C=S) groups is 1. The molecule has 0 radical (unpaired) electrons. The molecule has 0 spiro atoms. The Balaban J connectivity index is 2.07. The number of rotatable bonds is 4. The summed E-state index contributed by atoms with van der Waals surface area (Å²) in [5, 5.41) is 5.83. The molecule has 1 unspecified atom stereocenters. The minimum atomic E-state index is -0.757. The number of esters is 1. The molecule has 2 rings (SSSR count). The number of alkyl halides is 1. The summed E-state index contributed by atoms with van der Waals surface area (Å²) in [7, 11) is 0. The van der Waals surface area contributed by atoms with Crippen LogP contribution in [0.2, 0.25) is 0 Å². The second-order valence-corrected chi connectivity index (χ2v) is 4.81. The number of nitrogens with one attached hydrogen (secondary N) is 2. The second-order valence-electron chi connectivity index (χ2n) is 4.41. The van der Waals surface area contributed by atoms with Gasteiger partial charge in [0.2, 0.25) is 0 Å². The zero-order valence-electron chi connectivity index (χ0n) is 11.0. The van der Waals surface area contributed by atoms with Crippen molar-refractivity contribution in [1.82, 2.24) is 10.6 Å². The predicted molar refractivity (Wildman–Crippen MR) is 77.6 cm³/mol. The van der Waals surface area contributed by atoms with Crippen LogP contribution in [0.3, 0.4) is 0 Å². The average Bonchev–Trinajstić information content (AvgIpc) is 2.45. The summed E-state index contributed by atoms with van der Waals surface area (Å²) in [6.07, 6.45) is 0. The van der Waals surface area contributed by atoms with Crippen LogP contribution in [0.5, 0.6) is 0 Å². The van der Waals surface area contributed by atoms with Gasteiger partial charge in [0.05, 0.1) is 11.6 Å². The first-order valence-corrected chi connectivity index (χ1v) is 6.58. The lowest BCUT2D eigenvalue weighted by molar-refractivity contribution is -0.140. The molecule has 0 amide bonds. The van der Waals surface area contributed by atoms with Gasteiger partial charge in [-0.15, -0.1) is 0 Å². The summed E-state index contributed by atoms with van der Waals surface area (Å²) in [6.45, 7) is 1.10. The topological polar surface area (TPSA) is 50.4 Å². The average molecular weight is 294 g/mol. The van der Waals surface area contributed by atoms with E-state index in [2.05, 4.69) is 10.6 Å². The molecule has 1 atom stereocenters. The van der Waals surface area contributed by atoms with E-state index >= 15 is 0 Å². The van der Waals surface area contributed by atoms with Crippen molar-refractivity contribution in [3.63, 3.8) is 0 Å². The molecule has 1 aromatic carbocycles. The summed E-state index contributed by atoms with van der Waals surface area (Å²) >= 11 is 4.93. The van der Waals surface area contributed by atoms with Gasteiger partial charge in [-0.05, 0) is 24.7 Å². The number of carbonyl (C=O) groups is 1. The third-order valence-electron chi connectivity index (χ3n) is 2.95. The van der Waals surface area contributed by atoms with Crippen LogP contribution in [0.4, 0.5) is 4.39 Å². The minimum absolute atomic E-state index is 0.153. The van der Waals surface area contributed by atoms with Crippen molar-refractivity contribution in [2.24, 2.45) is 0 Å². The third-order valence-corrected chi connectivity index (χ3v) is 3.17. The Hall–Kier alpha value is -1.95. The highest BCUT2D eigenvalue weighted by molar-refractivity contribution is 7.80. The molecule has 0 aromatic heterocycles. The fourth-order valence-corrected chi connectivity index (χ4v) is 2.27. The highest BCUT2D eigenvalue weighted by atomic mass is 32.1. The standard InChI is InChI=1S/C14H15FN2O2S/c1-9-12(11(7-15)17-14(20)16-9)13(18)19-8-10-5-3-2-4-6-10/h2-6,11H,7-8H2,1H3,(H2,16,17,20). The molecule has 0 bridgehead atoms. The maximum atomic E-state index is 13.0. The van der Waals surface area contributed by atoms with E-state index in [0.29, 0.717) is 10.8 Å². The van der Waals surface area contributed by atoms with Gasteiger partial charge in [0, 0.05) is 5.70 Å². The van der Waals surface area contributed by atoms with Crippen LogP contribution >= 0.6 is 12.2 Å². The molecule has 0 saturated heterocycles. The predicted octanol–water partition coefficient (Wildman–Crippen LogP) is 1.82. The van der Waals surface area contributed by atoms with Crippen LogP contribution in [-0.2, 0) is 16.1 Å². The number of carbonyl (C=O) groups excluding carboxylic acids is 1. The number of halogens is 1. The van der Waals surface area contributed by atoms with E-state index in [-0.39, 0.29) is 12.2 Å². The highest BCUT2D eigenvalue weighted by Crippen LogP contribution is 2.15. The molecule has 1 aliphatic heterocycles. The van der Waals surface area contributed by atoms with Crippen molar-refractivity contribution in [2.45, 2.75) is 19.6 Å². The van der Waals surface area contributed by atoms with Crippen LogP contribution in [0.15, 0.2) is 41.6 Å². The van der Waals surface area contributed by atoms with Gasteiger partial charge < -0.3 is 15.4 Å². The van der Waals surface area contributed by atoms with E-state index in [9.17, 15) is 9.18 Å². The van der Waals surface area contributed by atoms with Gasteiger partial charge >= 0.3 is 5.97 Å². The molecular weight excluding hydrogens is 279 g/mol. The Kier molecular flexibility index (Phi) is 4.68. The SMILES string of the molecule is CC1=C(C(=O)OCc2ccccc2)C(CF)NC(=S)N1. The molecule has 106 valence electrons. The third kappa shape index (κ3) is 3.33. The first-order valence-electron chi connectivity index (χ1n) is 6.17. The normalized spacial score (nSPS) is 18.3. The van der Waals surface area contributed by atoms with Crippen LogP contribution in [0, 0.1) is 0 Å². The zero-order chi connectivity index (χ0) is 14.5. The van der Waals surface area contributed by atoms with Crippen molar-refractivity contribution in [1.29, 1.82) is 0 Å². The van der Waals surface area contributed by atoms with Gasteiger partial charge in [-0.2, -0.15) is 0 Å². The van der Waals surface area contributed by atoms with Crippen LogP contribution in [0.1, 0.15) is 12.5 Å². The van der Waals surface area contributed by atoms with Crippen molar-refractivity contribution in [3.05, 3.63) is 47.2 Å². The molecule has 0 saturated carbocycles. The molecule has 1 heterocycles. The Morgan fingerprint density at radius 1 is 1.40 bits per heavy atom. The Labute approximate surface area is 122 Å². The summed E-state index contributed by atoms with van der Waals surface area (Å²) in [4.78, 5) is 12.1. The molecule has 4 nitrogen and oxygen atoms in total. The van der Waals surface area contributed by atoms with E-state index < -0.39 is 18.7 Å². The Morgan fingerprint density at radius 2 is 2.10 bits per heavy atom. The lowest BCUT2D eigenvalue weighted by Crippen LogP contribution is -2.50. The van der Waals surface area contributed by atoms with Crippen molar-refractivity contribution < 1.29 is 13.9 Å². The first kappa shape index (κ1) is 14.5. The van der Waals surface area contributed by atoms with E-state index in [0.717, 1.165) is 5.56 Å². The summed E-state index contributed by atoms with van der Waals surface area (Å²) in [6, 6.07) is 8.56. The van der Waals surface area contributed by atoms with Crippen LogP contribution < -0.4 is 10.6 Å². The fourth-order valence-electron chi connectivity index (χ4n) is 1.98. The largest absolute Gasteiger partial charge is 0.457 e. The number of hydrogen-bond acceptors (Lipinski definition) is 3. The number of benzene rings is 1. The Bertz CT molecular complexity index is 545. The van der Waals surface area contributed by atoms with Crippen molar-refractivity contribution in [3.8, 4) is 0 Å². The number of ether oxygens (including phenoxy) is 1. The second kappa shape index (κ2) is 6.47. The van der Waals surface area contributed by atoms with Gasteiger partial charge in [0.1, 0.15) is 13.3 Å². The van der Waals surface area contributed by atoms with Gasteiger partial charge in [0.15, 0.2) is 5.11 Å². The van der Waals surface area contributed by atoms with E-state index in [1.54, 1.807) is 6.92 Å². The van der Waals surface area contributed by atoms with Crippen molar-refractivity contribution >= 4 is 23.3 Å². The molecule has 2 N–H and O–H groups in total. The smallest absolute Gasteiger partial charge is 0.338 e. The van der Waals surface area contributed by atoms with Gasteiger partial charge in [-0.3, -0.25) is 0 Å². The van der Waals surface area contributed by atoms with Crippen LogP contribution in [0.25, 0.3) is 0 Å². The van der Waals surface area contributed by atoms with E-state index in [1.807, 2.05) is 30.3 Å². The zero-order valence-corrected chi connectivity index (χ0v) is 11.8. The van der Waals surface area contributed by atoms with Crippen molar-refractivity contribution in [2.75, 3.05) is 6.67 Å². The summed E-state index contributed by atoms with van der Waals surface area (Å²) < 4.78 is 18.2. The van der Waals surface area contributed by atoms with E-state index in [1.165, 1.54) is 0 Å².